The Hall–Kier alpha value is -1.62. The Bertz CT molecular complexity index is 710. The first kappa shape index (κ1) is 18.7. The summed E-state index contributed by atoms with van der Waals surface area (Å²) in [6.45, 7) is 3.82. The van der Waals surface area contributed by atoms with Crippen LogP contribution in [0.25, 0.3) is 0 Å². The van der Waals surface area contributed by atoms with Gasteiger partial charge in [0, 0.05) is 11.1 Å². The first-order valence-electron chi connectivity index (χ1n) is 7.60. The van der Waals surface area contributed by atoms with E-state index in [2.05, 4.69) is 10.6 Å². The molecule has 0 spiro atoms. The lowest BCUT2D eigenvalue weighted by Crippen LogP contribution is -2.36. The zero-order chi connectivity index (χ0) is 17.7. The number of rotatable bonds is 6. The predicted octanol–water partition coefficient (Wildman–Crippen LogP) is 4.66. The number of amides is 1. The van der Waals surface area contributed by atoms with Gasteiger partial charge in [0.05, 0.1) is 17.6 Å². The van der Waals surface area contributed by atoms with Crippen molar-refractivity contribution in [3.63, 3.8) is 0 Å². The maximum atomic E-state index is 13.6. The van der Waals surface area contributed by atoms with Crippen LogP contribution in [0.5, 0.6) is 0 Å². The lowest BCUT2D eigenvalue weighted by Gasteiger charge is -2.18. The van der Waals surface area contributed by atoms with Crippen molar-refractivity contribution in [2.75, 3.05) is 6.54 Å². The fraction of sp³-hybridized carbons (Fsp3) is 0.278. The van der Waals surface area contributed by atoms with Crippen LogP contribution in [-0.2, 0) is 4.79 Å². The van der Waals surface area contributed by atoms with E-state index in [4.69, 9.17) is 23.2 Å². The molecule has 3 nitrogen and oxygen atoms in total. The highest BCUT2D eigenvalue weighted by atomic mass is 35.5. The van der Waals surface area contributed by atoms with E-state index >= 15 is 0 Å². The largest absolute Gasteiger partial charge is 0.348 e. The van der Waals surface area contributed by atoms with Crippen molar-refractivity contribution >= 4 is 29.1 Å². The van der Waals surface area contributed by atoms with Crippen LogP contribution in [0.15, 0.2) is 42.5 Å². The number of hydrogen-bond donors (Lipinski definition) is 2. The summed E-state index contributed by atoms with van der Waals surface area (Å²) < 4.78 is 13.6. The third-order valence-electron chi connectivity index (χ3n) is 3.75. The van der Waals surface area contributed by atoms with E-state index in [0.717, 1.165) is 5.56 Å². The summed E-state index contributed by atoms with van der Waals surface area (Å²) in [6, 6.07) is 12.0. The van der Waals surface area contributed by atoms with Crippen LogP contribution < -0.4 is 10.6 Å². The van der Waals surface area contributed by atoms with E-state index in [-0.39, 0.29) is 29.6 Å². The van der Waals surface area contributed by atoms with Gasteiger partial charge in [-0.05, 0) is 37.1 Å². The Morgan fingerprint density at radius 1 is 1.08 bits per heavy atom. The SMILES string of the molecule is C[C@H](NC(=O)CN[C@H](C)c1cc(F)c(Cl)cc1Cl)c1ccccc1. The van der Waals surface area contributed by atoms with Crippen LogP contribution in [0.2, 0.25) is 10.0 Å². The quantitative estimate of drug-likeness (QED) is 0.727. The molecule has 2 aromatic rings. The van der Waals surface area contributed by atoms with Crippen molar-refractivity contribution in [2.24, 2.45) is 0 Å². The average Bonchev–Trinajstić information content (AvgIpc) is 2.56. The average molecular weight is 369 g/mol. The minimum atomic E-state index is -0.535. The Labute approximate surface area is 151 Å². The molecule has 2 rings (SSSR count). The minimum Gasteiger partial charge on any atom is -0.348 e. The van der Waals surface area contributed by atoms with Crippen LogP contribution in [0, 0.1) is 5.82 Å². The van der Waals surface area contributed by atoms with E-state index in [1.165, 1.54) is 12.1 Å². The molecule has 0 aromatic heterocycles. The van der Waals surface area contributed by atoms with E-state index in [9.17, 15) is 9.18 Å². The lowest BCUT2D eigenvalue weighted by molar-refractivity contribution is -0.121. The highest BCUT2D eigenvalue weighted by Gasteiger charge is 2.15. The highest BCUT2D eigenvalue weighted by Crippen LogP contribution is 2.28. The van der Waals surface area contributed by atoms with Crippen LogP contribution in [-0.4, -0.2) is 12.5 Å². The zero-order valence-corrected chi connectivity index (χ0v) is 15.0. The molecule has 0 aliphatic rings. The Morgan fingerprint density at radius 2 is 1.75 bits per heavy atom. The van der Waals surface area contributed by atoms with Gasteiger partial charge < -0.3 is 10.6 Å². The van der Waals surface area contributed by atoms with Gasteiger partial charge in [-0.15, -0.1) is 0 Å². The summed E-state index contributed by atoms with van der Waals surface area (Å²) in [7, 11) is 0. The minimum absolute atomic E-state index is 0.0228. The van der Waals surface area contributed by atoms with Crippen molar-refractivity contribution < 1.29 is 9.18 Å². The third kappa shape index (κ3) is 4.94. The maximum absolute atomic E-state index is 13.6. The lowest BCUT2D eigenvalue weighted by atomic mass is 10.1. The van der Waals surface area contributed by atoms with Crippen molar-refractivity contribution in [1.29, 1.82) is 0 Å². The number of carbonyl (C=O) groups excluding carboxylic acids is 1. The van der Waals surface area contributed by atoms with Gasteiger partial charge in [0.25, 0.3) is 0 Å². The molecule has 0 fully saturated rings. The van der Waals surface area contributed by atoms with Crippen molar-refractivity contribution in [3.05, 3.63) is 69.5 Å². The second kappa shape index (κ2) is 8.47. The van der Waals surface area contributed by atoms with Gasteiger partial charge in [0.15, 0.2) is 0 Å². The molecule has 24 heavy (non-hydrogen) atoms. The van der Waals surface area contributed by atoms with Gasteiger partial charge in [-0.1, -0.05) is 53.5 Å². The molecular weight excluding hydrogens is 350 g/mol. The monoisotopic (exact) mass is 368 g/mol. The van der Waals surface area contributed by atoms with Gasteiger partial charge in [0.2, 0.25) is 5.91 Å². The number of hydrogen-bond acceptors (Lipinski definition) is 2. The standard InChI is InChI=1S/C18H19Cl2FN2O/c1-11(13-6-4-3-5-7-13)23-18(24)10-22-12(2)14-8-17(21)16(20)9-15(14)19/h3-9,11-12,22H,10H2,1-2H3,(H,23,24)/t11-,12+/m0/s1. The first-order chi connectivity index (χ1) is 11.4. The fourth-order valence-electron chi connectivity index (χ4n) is 2.34. The molecule has 0 saturated heterocycles. The van der Waals surface area contributed by atoms with E-state index < -0.39 is 5.82 Å². The molecule has 0 unspecified atom stereocenters. The molecule has 2 N–H and O–H groups in total. The molecule has 1 amide bonds. The third-order valence-corrected chi connectivity index (χ3v) is 4.37. The number of benzene rings is 2. The summed E-state index contributed by atoms with van der Waals surface area (Å²) in [6.07, 6.45) is 0. The van der Waals surface area contributed by atoms with E-state index in [1.807, 2.05) is 44.2 Å². The fourth-order valence-corrected chi connectivity index (χ4v) is 2.89. The number of nitrogens with one attached hydrogen (secondary N) is 2. The van der Waals surface area contributed by atoms with Crippen LogP contribution >= 0.6 is 23.2 Å². The molecule has 2 aromatic carbocycles. The molecule has 0 aliphatic heterocycles. The van der Waals surface area contributed by atoms with Gasteiger partial charge in [0.1, 0.15) is 5.82 Å². The number of halogens is 3. The van der Waals surface area contributed by atoms with Crippen LogP contribution in [0.3, 0.4) is 0 Å². The zero-order valence-electron chi connectivity index (χ0n) is 13.4. The normalized spacial score (nSPS) is 13.4. The molecule has 0 heterocycles. The van der Waals surface area contributed by atoms with Crippen molar-refractivity contribution in [1.82, 2.24) is 10.6 Å². The molecule has 6 heteroatoms. The Balaban J connectivity index is 1.91. The van der Waals surface area contributed by atoms with Crippen molar-refractivity contribution in [3.8, 4) is 0 Å². The molecule has 0 saturated carbocycles. The molecule has 0 bridgehead atoms. The molecule has 0 aliphatic carbocycles. The molecule has 0 radical (unpaired) electrons. The summed E-state index contributed by atoms with van der Waals surface area (Å²) in [4.78, 5) is 12.1. The highest BCUT2D eigenvalue weighted by molar-refractivity contribution is 6.35. The smallest absolute Gasteiger partial charge is 0.234 e. The maximum Gasteiger partial charge on any atom is 0.234 e. The summed E-state index contributed by atoms with van der Waals surface area (Å²) in [5.74, 6) is -0.685. The first-order valence-corrected chi connectivity index (χ1v) is 8.36. The summed E-state index contributed by atoms with van der Waals surface area (Å²) >= 11 is 11.8. The van der Waals surface area contributed by atoms with Gasteiger partial charge in [-0.25, -0.2) is 4.39 Å². The topological polar surface area (TPSA) is 41.1 Å². The summed E-state index contributed by atoms with van der Waals surface area (Å²) in [5, 5.41) is 6.28. The Morgan fingerprint density at radius 3 is 2.42 bits per heavy atom. The Kier molecular flexibility index (Phi) is 6.60. The molecule has 128 valence electrons. The van der Waals surface area contributed by atoms with Crippen LogP contribution in [0.4, 0.5) is 4.39 Å². The number of carbonyl (C=O) groups is 1. The van der Waals surface area contributed by atoms with Gasteiger partial charge in [-0.3, -0.25) is 4.79 Å². The van der Waals surface area contributed by atoms with E-state index in [0.29, 0.717) is 10.6 Å². The predicted molar refractivity (Wildman–Crippen MR) is 95.8 cm³/mol. The van der Waals surface area contributed by atoms with Gasteiger partial charge in [-0.2, -0.15) is 0 Å². The summed E-state index contributed by atoms with van der Waals surface area (Å²) in [5.41, 5.74) is 1.59. The molecule has 2 atom stereocenters. The van der Waals surface area contributed by atoms with E-state index in [1.54, 1.807) is 0 Å². The van der Waals surface area contributed by atoms with Crippen molar-refractivity contribution in [2.45, 2.75) is 25.9 Å². The van der Waals surface area contributed by atoms with Crippen LogP contribution in [0.1, 0.15) is 37.1 Å². The second-order valence-electron chi connectivity index (χ2n) is 5.59. The van der Waals surface area contributed by atoms with Gasteiger partial charge >= 0.3 is 0 Å². The second-order valence-corrected chi connectivity index (χ2v) is 6.40. The molecular formula is C18H19Cl2FN2O.